The second kappa shape index (κ2) is 8.45. The van der Waals surface area contributed by atoms with Crippen molar-refractivity contribution >= 4 is 5.91 Å². The van der Waals surface area contributed by atoms with E-state index in [9.17, 15) is 9.18 Å². The number of aryl methyl sites for hydroxylation is 1. The third kappa shape index (κ3) is 3.96. The number of aromatic nitrogens is 2. The van der Waals surface area contributed by atoms with Crippen LogP contribution in [0.1, 0.15) is 54.9 Å². The van der Waals surface area contributed by atoms with Crippen LogP contribution < -0.4 is 5.32 Å². The molecule has 1 saturated heterocycles. The van der Waals surface area contributed by atoms with Crippen LogP contribution in [0.2, 0.25) is 0 Å². The summed E-state index contributed by atoms with van der Waals surface area (Å²) >= 11 is 0. The Balaban J connectivity index is 1.92. The van der Waals surface area contributed by atoms with E-state index in [0.717, 1.165) is 37.3 Å². The lowest BCUT2D eigenvalue weighted by atomic mass is 10.1. The van der Waals surface area contributed by atoms with Crippen LogP contribution in [0.15, 0.2) is 24.3 Å². The van der Waals surface area contributed by atoms with Crippen LogP contribution in [-0.2, 0) is 17.6 Å². The molecule has 1 aliphatic heterocycles. The third-order valence-corrected chi connectivity index (χ3v) is 4.67. The maximum atomic E-state index is 13.7. The van der Waals surface area contributed by atoms with E-state index >= 15 is 0 Å². The van der Waals surface area contributed by atoms with Gasteiger partial charge in [0.2, 0.25) is 0 Å². The minimum atomic E-state index is -0.318. The van der Waals surface area contributed by atoms with Gasteiger partial charge in [-0.2, -0.15) is 5.10 Å². The van der Waals surface area contributed by atoms with Gasteiger partial charge in [-0.3, -0.25) is 4.79 Å². The number of ether oxygens (including phenoxy) is 1. The molecular formula is C20H26FN3O2. The van der Waals surface area contributed by atoms with Crippen LogP contribution in [-0.4, -0.2) is 34.9 Å². The Bertz CT molecular complexity index is 766. The molecule has 5 nitrogen and oxygen atoms in total. The van der Waals surface area contributed by atoms with Crippen molar-refractivity contribution in [2.75, 3.05) is 13.2 Å². The first-order chi connectivity index (χ1) is 12.6. The maximum absolute atomic E-state index is 13.7. The van der Waals surface area contributed by atoms with Crippen LogP contribution in [0.3, 0.4) is 0 Å². The SMILES string of the molecule is CCCc1nn(-c2cccc(F)c2)c(CC)c1C(=O)NC[C@@H]1CCCO1. The fourth-order valence-electron chi connectivity index (χ4n) is 3.43. The smallest absolute Gasteiger partial charge is 0.255 e. The van der Waals surface area contributed by atoms with Crippen molar-refractivity contribution in [3.8, 4) is 5.69 Å². The molecule has 0 radical (unpaired) electrons. The van der Waals surface area contributed by atoms with Gasteiger partial charge in [0.05, 0.1) is 28.7 Å². The number of carbonyl (C=O) groups excluding carboxylic acids is 1. The average Bonchev–Trinajstić information content (AvgIpc) is 3.27. The zero-order valence-corrected chi connectivity index (χ0v) is 15.4. The zero-order valence-electron chi connectivity index (χ0n) is 15.4. The fraction of sp³-hybridized carbons (Fsp3) is 0.500. The molecule has 0 unspecified atom stereocenters. The van der Waals surface area contributed by atoms with E-state index in [0.29, 0.717) is 30.6 Å². The van der Waals surface area contributed by atoms with Crippen molar-refractivity contribution in [2.24, 2.45) is 0 Å². The van der Waals surface area contributed by atoms with Gasteiger partial charge in [0.15, 0.2) is 0 Å². The van der Waals surface area contributed by atoms with Crippen molar-refractivity contribution in [3.63, 3.8) is 0 Å². The van der Waals surface area contributed by atoms with Crippen LogP contribution in [0.5, 0.6) is 0 Å². The number of hydrogen-bond donors (Lipinski definition) is 1. The van der Waals surface area contributed by atoms with Crippen LogP contribution in [0.4, 0.5) is 4.39 Å². The van der Waals surface area contributed by atoms with Crippen LogP contribution >= 0.6 is 0 Å². The Morgan fingerprint density at radius 3 is 2.92 bits per heavy atom. The second-order valence-corrected chi connectivity index (χ2v) is 6.61. The number of nitrogens with one attached hydrogen (secondary N) is 1. The Labute approximate surface area is 153 Å². The molecule has 2 heterocycles. The van der Waals surface area contributed by atoms with Gasteiger partial charge in [-0.25, -0.2) is 9.07 Å². The molecule has 0 aliphatic carbocycles. The summed E-state index contributed by atoms with van der Waals surface area (Å²) in [6.45, 7) is 5.32. The molecule has 1 aromatic heterocycles. The van der Waals surface area contributed by atoms with Gasteiger partial charge in [0.1, 0.15) is 5.82 Å². The lowest BCUT2D eigenvalue weighted by Crippen LogP contribution is -2.32. The summed E-state index contributed by atoms with van der Waals surface area (Å²) in [7, 11) is 0. The number of benzene rings is 1. The minimum absolute atomic E-state index is 0.0944. The van der Waals surface area contributed by atoms with Gasteiger partial charge < -0.3 is 10.1 Å². The van der Waals surface area contributed by atoms with E-state index in [1.807, 2.05) is 6.92 Å². The van der Waals surface area contributed by atoms with Crippen LogP contribution in [0.25, 0.3) is 5.69 Å². The van der Waals surface area contributed by atoms with Crippen molar-refractivity contribution < 1.29 is 13.9 Å². The highest BCUT2D eigenvalue weighted by Gasteiger charge is 2.24. The molecular weight excluding hydrogens is 333 g/mol. The van der Waals surface area contributed by atoms with Gasteiger partial charge in [0, 0.05) is 13.2 Å². The first kappa shape index (κ1) is 18.6. The molecule has 26 heavy (non-hydrogen) atoms. The molecule has 1 aliphatic rings. The lowest BCUT2D eigenvalue weighted by Gasteiger charge is -2.12. The van der Waals surface area contributed by atoms with E-state index in [-0.39, 0.29) is 17.8 Å². The molecule has 1 atom stereocenters. The van der Waals surface area contributed by atoms with E-state index in [1.165, 1.54) is 12.1 Å². The average molecular weight is 359 g/mol. The van der Waals surface area contributed by atoms with Gasteiger partial charge in [-0.05, 0) is 43.9 Å². The number of nitrogens with zero attached hydrogens (tertiary/aromatic N) is 2. The number of hydrogen-bond acceptors (Lipinski definition) is 3. The van der Waals surface area contributed by atoms with Gasteiger partial charge in [0.25, 0.3) is 5.91 Å². The van der Waals surface area contributed by atoms with Gasteiger partial charge in [-0.15, -0.1) is 0 Å². The third-order valence-electron chi connectivity index (χ3n) is 4.67. The predicted octanol–water partition coefficient (Wildman–Crippen LogP) is 3.44. The second-order valence-electron chi connectivity index (χ2n) is 6.61. The summed E-state index contributed by atoms with van der Waals surface area (Å²) in [6, 6.07) is 6.30. The largest absolute Gasteiger partial charge is 0.376 e. The molecule has 6 heteroatoms. The number of amides is 1. The Morgan fingerprint density at radius 2 is 2.27 bits per heavy atom. The van der Waals surface area contributed by atoms with E-state index in [2.05, 4.69) is 17.3 Å². The van der Waals surface area contributed by atoms with Gasteiger partial charge >= 0.3 is 0 Å². The van der Waals surface area contributed by atoms with Crippen molar-refractivity contribution in [1.29, 1.82) is 0 Å². The molecule has 1 aromatic carbocycles. The highest BCUT2D eigenvalue weighted by atomic mass is 19.1. The predicted molar refractivity (Wildman–Crippen MR) is 98.2 cm³/mol. The Kier molecular flexibility index (Phi) is 6.04. The summed E-state index contributed by atoms with van der Waals surface area (Å²) in [5.41, 5.74) is 2.83. The van der Waals surface area contributed by atoms with Crippen molar-refractivity contribution in [1.82, 2.24) is 15.1 Å². The zero-order chi connectivity index (χ0) is 18.5. The Morgan fingerprint density at radius 1 is 1.42 bits per heavy atom. The molecule has 0 spiro atoms. The molecule has 2 aromatic rings. The monoisotopic (exact) mass is 359 g/mol. The fourth-order valence-corrected chi connectivity index (χ4v) is 3.43. The maximum Gasteiger partial charge on any atom is 0.255 e. The summed E-state index contributed by atoms with van der Waals surface area (Å²) in [4.78, 5) is 12.9. The lowest BCUT2D eigenvalue weighted by molar-refractivity contribution is 0.0856. The molecule has 3 rings (SSSR count). The quantitative estimate of drug-likeness (QED) is 0.824. The molecule has 0 saturated carbocycles. The number of carbonyl (C=O) groups is 1. The van der Waals surface area contributed by atoms with Crippen LogP contribution in [0, 0.1) is 5.82 Å². The topological polar surface area (TPSA) is 56.2 Å². The first-order valence-corrected chi connectivity index (χ1v) is 9.40. The van der Waals surface area contributed by atoms with E-state index in [4.69, 9.17) is 4.74 Å². The summed E-state index contributed by atoms with van der Waals surface area (Å²) < 4.78 is 20.9. The molecule has 140 valence electrons. The molecule has 1 N–H and O–H groups in total. The standard InChI is InChI=1S/C20H26FN3O2/c1-3-7-17-19(20(25)22-13-16-10-6-11-26-16)18(4-2)24(23-17)15-9-5-8-14(21)12-15/h5,8-9,12,16H,3-4,6-7,10-11,13H2,1-2H3,(H,22,25)/t16-/m0/s1. The summed E-state index contributed by atoms with van der Waals surface area (Å²) in [6.07, 6.45) is 4.34. The highest BCUT2D eigenvalue weighted by Crippen LogP contribution is 2.22. The van der Waals surface area contributed by atoms with E-state index in [1.54, 1.807) is 16.8 Å². The van der Waals surface area contributed by atoms with E-state index < -0.39 is 0 Å². The Hall–Kier alpha value is -2.21. The molecule has 0 bridgehead atoms. The normalized spacial score (nSPS) is 16.8. The summed E-state index contributed by atoms with van der Waals surface area (Å²) in [5, 5.41) is 7.64. The molecule has 1 amide bonds. The van der Waals surface area contributed by atoms with Crippen molar-refractivity contribution in [2.45, 2.75) is 52.1 Å². The highest BCUT2D eigenvalue weighted by molar-refractivity contribution is 5.96. The minimum Gasteiger partial charge on any atom is -0.376 e. The summed E-state index contributed by atoms with van der Waals surface area (Å²) in [5.74, 6) is -0.440. The number of rotatable bonds is 7. The van der Waals surface area contributed by atoms with Crippen molar-refractivity contribution in [3.05, 3.63) is 47.0 Å². The number of halogens is 1. The molecule has 1 fully saturated rings. The first-order valence-electron chi connectivity index (χ1n) is 9.40. The van der Waals surface area contributed by atoms with Gasteiger partial charge in [-0.1, -0.05) is 26.3 Å².